The van der Waals surface area contributed by atoms with Crippen LogP contribution in [0.2, 0.25) is 0 Å². The molecule has 0 radical (unpaired) electrons. The lowest BCUT2D eigenvalue weighted by atomic mass is 10.1. The van der Waals surface area contributed by atoms with Crippen molar-refractivity contribution in [2.24, 2.45) is 5.73 Å². The molecule has 2 amide bonds. The summed E-state index contributed by atoms with van der Waals surface area (Å²) in [6.07, 6.45) is 0. The van der Waals surface area contributed by atoms with Crippen LogP contribution in [0.4, 0.5) is 5.69 Å². The van der Waals surface area contributed by atoms with Gasteiger partial charge in [-0.05, 0) is 35.9 Å². The number of ether oxygens (including phenoxy) is 1. The van der Waals surface area contributed by atoms with Gasteiger partial charge in [0, 0.05) is 36.4 Å². The molecule has 0 aliphatic carbocycles. The first-order valence-electron chi connectivity index (χ1n) is 8.23. The van der Waals surface area contributed by atoms with E-state index in [0.717, 1.165) is 44.1 Å². The summed E-state index contributed by atoms with van der Waals surface area (Å²) in [5.74, 6) is -0.728. The molecule has 1 heterocycles. The van der Waals surface area contributed by atoms with Crippen LogP contribution >= 0.6 is 0 Å². The molecule has 3 rings (SSSR count). The van der Waals surface area contributed by atoms with E-state index in [1.807, 2.05) is 24.3 Å². The quantitative estimate of drug-likeness (QED) is 0.871. The van der Waals surface area contributed by atoms with Gasteiger partial charge in [0.05, 0.1) is 13.2 Å². The molecule has 1 aliphatic rings. The van der Waals surface area contributed by atoms with E-state index in [0.29, 0.717) is 11.1 Å². The van der Waals surface area contributed by atoms with E-state index < -0.39 is 5.91 Å². The molecule has 6 heteroatoms. The van der Waals surface area contributed by atoms with Crippen LogP contribution in [0.1, 0.15) is 26.3 Å². The summed E-state index contributed by atoms with van der Waals surface area (Å²) in [7, 11) is 0. The topological polar surface area (TPSA) is 84.7 Å². The van der Waals surface area contributed by atoms with Gasteiger partial charge in [-0.2, -0.15) is 0 Å². The Morgan fingerprint density at radius 2 is 1.64 bits per heavy atom. The van der Waals surface area contributed by atoms with Crippen LogP contribution in [0, 0.1) is 0 Å². The number of nitrogens with zero attached hydrogens (tertiary/aromatic N) is 1. The summed E-state index contributed by atoms with van der Waals surface area (Å²) < 4.78 is 5.37. The highest BCUT2D eigenvalue weighted by molar-refractivity contribution is 6.05. The Bertz CT molecular complexity index is 753. The Kier molecular flexibility index (Phi) is 5.42. The normalized spacial score (nSPS) is 14.9. The van der Waals surface area contributed by atoms with E-state index >= 15 is 0 Å². The van der Waals surface area contributed by atoms with Crippen LogP contribution in [0.25, 0.3) is 0 Å². The lowest BCUT2D eigenvalue weighted by Crippen LogP contribution is -2.35. The number of para-hydroxylation sites is 1. The Hall–Kier alpha value is -2.70. The molecule has 0 aromatic heterocycles. The number of amides is 2. The van der Waals surface area contributed by atoms with E-state index in [1.54, 1.807) is 24.3 Å². The van der Waals surface area contributed by atoms with Gasteiger partial charge in [0.1, 0.15) is 0 Å². The summed E-state index contributed by atoms with van der Waals surface area (Å²) >= 11 is 0. The molecule has 1 fully saturated rings. The van der Waals surface area contributed by atoms with Gasteiger partial charge < -0.3 is 15.8 Å². The number of benzene rings is 2. The van der Waals surface area contributed by atoms with Crippen LogP contribution in [0.3, 0.4) is 0 Å². The van der Waals surface area contributed by atoms with Gasteiger partial charge in [-0.1, -0.05) is 18.2 Å². The summed E-state index contributed by atoms with van der Waals surface area (Å²) in [6.45, 7) is 4.01. The van der Waals surface area contributed by atoms with Crippen molar-refractivity contribution in [1.82, 2.24) is 4.90 Å². The van der Waals surface area contributed by atoms with Gasteiger partial charge in [-0.15, -0.1) is 0 Å². The van der Waals surface area contributed by atoms with E-state index in [2.05, 4.69) is 10.2 Å². The van der Waals surface area contributed by atoms with Gasteiger partial charge in [0.15, 0.2) is 0 Å². The van der Waals surface area contributed by atoms with Crippen molar-refractivity contribution in [3.05, 3.63) is 65.2 Å². The highest BCUT2D eigenvalue weighted by Gasteiger charge is 2.14. The number of anilines is 1. The number of carbonyl (C=O) groups excluding carboxylic acids is 2. The third-order valence-corrected chi connectivity index (χ3v) is 4.19. The minimum Gasteiger partial charge on any atom is -0.379 e. The molecule has 1 aliphatic heterocycles. The van der Waals surface area contributed by atoms with E-state index in [-0.39, 0.29) is 5.91 Å². The van der Waals surface area contributed by atoms with Crippen molar-refractivity contribution >= 4 is 17.5 Å². The van der Waals surface area contributed by atoms with Crippen molar-refractivity contribution in [2.45, 2.75) is 6.54 Å². The van der Waals surface area contributed by atoms with Crippen molar-refractivity contribution in [3.8, 4) is 0 Å². The molecular formula is C19H21N3O3. The molecule has 0 atom stereocenters. The van der Waals surface area contributed by atoms with Crippen LogP contribution in [-0.2, 0) is 11.3 Å². The third-order valence-electron chi connectivity index (χ3n) is 4.19. The first-order chi connectivity index (χ1) is 12.1. The minimum absolute atomic E-state index is 0.217. The number of carbonyl (C=O) groups is 2. The van der Waals surface area contributed by atoms with Gasteiger partial charge >= 0.3 is 0 Å². The van der Waals surface area contributed by atoms with Gasteiger partial charge in [-0.3, -0.25) is 14.5 Å². The number of primary amides is 1. The molecule has 3 N–H and O–H groups in total. The molecule has 0 spiro atoms. The van der Waals surface area contributed by atoms with Crippen molar-refractivity contribution in [3.63, 3.8) is 0 Å². The smallest absolute Gasteiger partial charge is 0.255 e. The number of rotatable bonds is 5. The Morgan fingerprint density at radius 1 is 1.00 bits per heavy atom. The number of nitrogens with one attached hydrogen (secondary N) is 1. The second-order valence-electron chi connectivity index (χ2n) is 5.94. The zero-order chi connectivity index (χ0) is 17.6. The number of morpholine rings is 1. The zero-order valence-electron chi connectivity index (χ0n) is 13.9. The lowest BCUT2D eigenvalue weighted by Gasteiger charge is -2.27. The van der Waals surface area contributed by atoms with Gasteiger partial charge in [0.2, 0.25) is 5.91 Å². The van der Waals surface area contributed by atoms with Crippen molar-refractivity contribution in [1.29, 1.82) is 0 Å². The molecule has 2 aromatic rings. The lowest BCUT2D eigenvalue weighted by molar-refractivity contribution is 0.0342. The molecule has 25 heavy (non-hydrogen) atoms. The number of hydrogen-bond donors (Lipinski definition) is 2. The molecule has 0 saturated carbocycles. The molecular weight excluding hydrogens is 318 g/mol. The average molecular weight is 339 g/mol. The maximum absolute atomic E-state index is 12.5. The maximum Gasteiger partial charge on any atom is 0.255 e. The molecule has 1 saturated heterocycles. The first-order valence-corrected chi connectivity index (χ1v) is 8.23. The van der Waals surface area contributed by atoms with Crippen LogP contribution < -0.4 is 11.1 Å². The second-order valence-corrected chi connectivity index (χ2v) is 5.94. The Labute approximate surface area is 146 Å². The van der Waals surface area contributed by atoms with Gasteiger partial charge in [0.25, 0.3) is 5.91 Å². The van der Waals surface area contributed by atoms with Crippen LogP contribution in [-0.4, -0.2) is 43.0 Å². The first kappa shape index (κ1) is 17.1. The molecule has 0 unspecified atom stereocenters. The number of hydrogen-bond acceptors (Lipinski definition) is 4. The van der Waals surface area contributed by atoms with Crippen molar-refractivity contribution in [2.75, 3.05) is 31.6 Å². The highest BCUT2D eigenvalue weighted by atomic mass is 16.5. The summed E-state index contributed by atoms with van der Waals surface area (Å²) in [4.78, 5) is 25.9. The Morgan fingerprint density at radius 3 is 2.32 bits per heavy atom. The monoisotopic (exact) mass is 339 g/mol. The largest absolute Gasteiger partial charge is 0.379 e. The average Bonchev–Trinajstić information content (AvgIpc) is 2.64. The SMILES string of the molecule is NC(=O)c1ccc(C(=O)Nc2ccccc2CN2CCOCC2)cc1. The third kappa shape index (κ3) is 4.43. The highest BCUT2D eigenvalue weighted by Crippen LogP contribution is 2.19. The summed E-state index contributed by atoms with van der Waals surface area (Å²) in [6, 6.07) is 14.1. The standard InChI is InChI=1S/C19H21N3O3/c20-18(23)14-5-7-15(8-6-14)19(24)21-17-4-2-1-3-16(17)13-22-9-11-25-12-10-22/h1-8H,9-13H2,(H2,20,23)(H,21,24). The minimum atomic E-state index is -0.511. The summed E-state index contributed by atoms with van der Waals surface area (Å²) in [5, 5.41) is 2.95. The van der Waals surface area contributed by atoms with Crippen molar-refractivity contribution < 1.29 is 14.3 Å². The Balaban J connectivity index is 1.71. The molecule has 0 bridgehead atoms. The maximum atomic E-state index is 12.5. The number of nitrogens with two attached hydrogens (primary N) is 1. The van der Waals surface area contributed by atoms with E-state index in [1.165, 1.54) is 0 Å². The van der Waals surface area contributed by atoms with Gasteiger partial charge in [-0.25, -0.2) is 0 Å². The molecule has 2 aromatic carbocycles. The fourth-order valence-corrected chi connectivity index (χ4v) is 2.76. The summed E-state index contributed by atoms with van der Waals surface area (Å²) in [5.41, 5.74) is 7.93. The molecule has 6 nitrogen and oxygen atoms in total. The predicted octanol–water partition coefficient (Wildman–Crippen LogP) is 1.87. The van der Waals surface area contributed by atoms with E-state index in [4.69, 9.17) is 10.5 Å². The second kappa shape index (κ2) is 7.92. The fraction of sp³-hybridized carbons (Fsp3) is 0.263. The predicted molar refractivity (Wildman–Crippen MR) is 95.5 cm³/mol. The van der Waals surface area contributed by atoms with E-state index in [9.17, 15) is 9.59 Å². The fourth-order valence-electron chi connectivity index (χ4n) is 2.76. The van der Waals surface area contributed by atoms with Crippen LogP contribution in [0.15, 0.2) is 48.5 Å². The zero-order valence-corrected chi connectivity index (χ0v) is 13.9. The van der Waals surface area contributed by atoms with Crippen LogP contribution in [0.5, 0.6) is 0 Å². The molecule has 130 valence electrons.